The Balaban J connectivity index is 2.05. The topological polar surface area (TPSA) is 86.8 Å². The molecule has 0 aromatic heterocycles. The molecule has 1 unspecified atom stereocenters. The van der Waals surface area contributed by atoms with Gasteiger partial charge >= 0.3 is 0 Å². The van der Waals surface area contributed by atoms with Crippen molar-refractivity contribution in [2.45, 2.75) is 45.2 Å². The Hall–Kier alpha value is -2.78. The van der Waals surface area contributed by atoms with E-state index >= 15 is 0 Å². The molecular formula is C29H32Cl3N3O4S. The number of anilines is 1. The van der Waals surface area contributed by atoms with E-state index in [-0.39, 0.29) is 34.0 Å². The summed E-state index contributed by atoms with van der Waals surface area (Å²) in [4.78, 5) is 28.3. The van der Waals surface area contributed by atoms with Gasteiger partial charge in [0.05, 0.1) is 15.6 Å². The number of carbonyl (C=O) groups is 2. The molecule has 0 saturated carbocycles. The Labute approximate surface area is 251 Å². The highest BCUT2D eigenvalue weighted by atomic mass is 35.5. The predicted octanol–water partition coefficient (Wildman–Crippen LogP) is 6.34. The summed E-state index contributed by atoms with van der Waals surface area (Å²) < 4.78 is 28.7. The van der Waals surface area contributed by atoms with Crippen LogP contribution < -0.4 is 9.62 Å². The number of rotatable bonds is 11. The van der Waals surface area contributed by atoms with E-state index in [0.717, 1.165) is 9.87 Å². The van der Waals surface area contributed by atoms with Gasteiger partial charge < -0.3 is 10.2 Å². The van der Waals surface area contributed by atoms with Gasteiger partial charge in [-0.3, -0.25) is 13.9 Å². The molecule has 1 N–H and O–H groups in total. The molecule has 2 amide bonds. The molecular weight excluding hydrogens is 593 g/mol. The minimum absolute atomic E-state index is 0.000778. The van der Waals surface area contributed by atoms with Crippen molar-refractivity contribution in [1.82, 2.24) is 10.2 Å². The van der Waals surface area contributed by atoms with Gasteiger partial charge in [0, 0.05) is 23.1 Å². The quantitative estimate of drug-likeness (QED) is 0.270. The van der Waals surface area contributed by atoms with Crippen molar-refractivity contribution in [1.29, 1.82) is 0 Å². The van der Waals surface area contributed by atoms with E-state index in [2.05, 4.69) is 5.32 Å². The van der Waals surface area contributed by atoms with E-state index in [1.165, 1.54) is 23.1 Å². The van der Waals surface area contributed by atoms with Gasteiger partial charge in [-0.2, -0.15) is 0 Å². The van der Waals surface area contributed by atoms with Crippen LogP contribution in [-0.2, 0) is 26.2 Å². The van der Waals surface area contributed by atoms with E-state index < -0.39 is 28.5 Å². The third-order valence-electron chi connectivity index (χ3n) is 6.22. The van der Waals surface area contributed by atoms with Crippen molar-refractivity contribution in [2.75, 3.05) is 17.4 Å². The van der Waals surface area contributed by atoms with Crippen molar-refractivity contribution in [2.24, 2.45) is 5.92 Å². The van der Waals surface area contributed by atoms with E-state index in [4.69, 9.17) is 34.8 Å². The molecule has 11 heteroatoms. The maximum atomic E-state index is 14.0. The highest BCUT2D eigenvalue weighted by molar-refractivity contribution is 7.92. The average molecular weight is 625 g/mol. The summed E-state index contributed by atoms with van der Waals surface area (Å²) in [6.07, 6.45) is 0. The molecule has 1 atom stereocenters. The number of hydrogen-bond acceptors (Lipinski definition) is 4. The first kappa shape index (κ1) is 31.7. The number of halogens is 3. The lowest BCUT2D eigenvalue weighted by Crippen LogP contribution is -2.51. The van der Waals surface area contributed by atoms with Crippen LogP contribution in [-0.4, -0.2) is 44.3 Å². The van der Waals surface area contributed by atoms with Crippen molar-refractivity contribution >= 4 is 62.3 Å². The van der Waals surface area contributed by atoms with Gasteiger partial charge in [0.15, 0.2) is 0 Å². The van der Waals surface area contributed by atoms with Crippen LogP contribution in [0, 0.1) is 12.8 Å². The summed E-state index contributed by atoms with van der Waals surface area (Å²) in [7, 11) is -4.22. The summed E-state index contributed by atoms with van der Waals surface area (Å²) >= 11 is 18.9. The normalized spacial score (nSPS) is 12.2. The van der Waals surface area contributed by atoms with Crippen LogP contribution in [0.5, 0.6) is 0 Å². The SMILES string of the molecule is Cc1ccc(S(=O)(=O)N(CC(=O)N(Cc2ccc(Cl)cc2Cl)C(C)C(=O)NCC(C)C)c2ccccc2Cl)cc1. The zero-order valence-electron chi connectivity index (χ0n) is 22.7. The van der Waals surface area contributed by atoms with Crippen molar-refractivity contribution < 1.29 is 18.0 Å². The van der Waals surface area contributed by atoms with Crippen molar-refractivity contribution in [3.05, 3.63) is 92.9 Å². The number of nitrogens with zero attached hydrogens (tertiary/aromatic N) is 2. The molecule has 7 nitrogen and oxygen atoms in total. The molecule has 0 spiro atoms. The minimum Gasteiger partial charge on any atom is -0.354 e. The Kier molecular flexibility index (Phi) is 10.9. The predicted molar refractivity (Wildman–Crippen MR) is 161 cm³/mol. The van der Waals surface area contributed by atoms with Gasteiger partial charge in [-0.1, -0.05) is 84.5 Å². The minimum atomic E-state index is -4.22. The highest BCUT2D eigenvalue weighted by Gasteiger charge is 2.33. The monoisotopic (exact) mass is 623 g/mol. The number of benzene rings is 3. The van der Waals surface area contributed by atoms with Crippen LogP contribution >= 0.6 is 34.8 Å². The second-order valence-corrected chi connectivity index (χ2v) is 13.0. The third-order valence-corrected chi connectivity index (χ3v) is 8.90. The summed E-state index contributed by atoms with van der Waals surface area (Å²) in [5.74, 6) is -0.798. The fourth-order valence-electron chi connectivity index (χ4n) is 3.87. The number of nitrogens with one attached hydrogen (secondary N) is 1. The Morgan fingerprint density at radius 3 is 2.15 bits per heavy atom. The zero-order chi connectivity index (χ0) is 29.6. The fourth-order valence-corrected chi connectivity index (χ4v) is 6.06. The second kappa shape index (κ2) is 13.7. The van der Waals surface area contributed by atoms with E-state index in [1.54, 1.807) is 55.5 Å². The van der Waals surface area contributed by atoms with Crippen LogP contribution in [0.15, 0.2) is 71.6 Å². The molecule has 0 aliphatic heterocycles. The molecule has 0 radical (unpaired) electrons. The Morgan fingerprint density at radius 1 is 0.900 bits per heavy atom. The van der Waals surface area contributed by atoms with Gasteiger partial charge in [-0.15, -0.1) is 0 Å². The molecule has 0 aliphatic rings. The van der Waals surface area contributed by atoms with E-state index in [0.29, 0.717) is 22.2 Å². The van der Waals surface area contributed by atoms with Gasteiger partial charge in [0.2, 0.25) is 11.8 Å². The maximum Gasteiger partial charge on any atom is 0.264 e. The molecule has 0 fully saturated rings. The summed E-state index contributed by atoms with van der Waals surface area (Å²) in [5.41, 5.74) is 1.57. The van der Waals surface area contributed by atoms with Crippen molar-refractivity contribution in [3.63, 3.8) is 0 Å². The fraction of sp³-hybridized carbons (Fsp3) is 0.310. The summed E-state index contributed by atoms with van der Waals surface area (Å²) in [5, 5.41) is 3.73. The van der Waals surface area contributed by atoms with Crippen LogP contribution in [0.25, 0.3) is 0 Å². The van der Waals surface area contributed by atoms with Gasteiger partial charge in [-0.25, -0.2) is 8.42 Å². The lowest BCUT2D eigenvalue weighted by molar-refractivity contribution is -0.139. The van der Waals surface area contributed by atoms with Gasteiger partial charge in [0.25, 0.3) is 10.0 Å². The van der Waals surface area contributed by atoms with Gasteiger partial charge in [-0.05, 0) is 61.7 Å². The smallest absolute Gasteiger partial charge is 0.264 e. The van der Waals surface area contributed by atoms with E-state index in [9.17, 15) is 18.0 Å². The molecule has 3 aromatic rings. The molecule has 0 aliphatic carbocycles. The first-order valence-electron chi connectivity index (χ1n) is 12.7. The molecule has 0 saturated heterocycles. The third kappa shape index (κ3) is 7.91. The summed E-state index contributed by atoms with van der Waals surface area (Å²) in [6.45, 7) is 7.11. The number of amides is 2. The van der Waals surface area contributed by atoms with Crippen LogP contribution in [0.3, 0.4) is 0 Å². The highest BCUT2D eigenvalue weighted by Crippen LogP contribution is 2.31. The van der Waals surface area contributed by atoms with E-state index in [1.807, 2.05) is 20.8 Å². The molecule has 3 rings (SSSR count). The average Bonchev–Trinajstić information content (AvgIpc) is 2.90. The van der Waals surface area contributed by atoms with Gasteiger partial charge in [0.1, 0.15) is 12.6 Å². The molecule has 0 heterocycles. The first-order valence-corrected chi connectivity index (χ1v) is 15.2. The number of carbonyl (C=O) groups excluding carboxylic acids is 2. The standard InChI is InChI=1S/C29H32Cl3N3O4S/c1-19(2)16-33-29(37)21(4)34(17-22-11-12-23(30)15-26(22)32)28(36)18-35(27-8-6-5-7-25(27)31)40(38,39)24-13-9-20(3)10-14-24/h5-15,19,21H,16-18H2,1-4H3,(H,33,37). The molecule has 214 valence electrons. The zero-order valence-corrected chi connectivity index (χ0v) is 25.8. The van der Waals surface area contributed by atoms with Crippen molar-refractivity contribution in [3.8, 4) is 0 Å². The number of sulfonamides is 1. The largest absolute Gasteiger partial charge is 0.354 e. The molecule has 40 heavy (non-hydrogen) atoms. The molecule has 0 bridgehead atoms. The Bertz CT molecular complexity index is 1460. The lowest BCUT2D eigenvalue weighted by Gasteiger charge is -2.32. The number of para-hydroxylation sites is 1. The lowest BCUT2D eigenvalue weighted by atomic mass is 10.1. The van der Waals surface area contributed by atoms with Crippen LogP contribution in [0.4, 0.5) is 5.69 Å². The molecule has 3 aromatic carbocycles. The maximum absolute atomic E-state index is 14.0. The summed E-state index contributed by atoms with van der Waals surface area (Å²) in [6, 6.07) is 16.6. The second-order valence-electron chi connectivity index (χ2n) is 9.85. The first-order chi connectivity index (χ1) is 18.8. The van der Waals surface area contributed by atoms with Crippen LogP contribution in [0.2, 0.25) is 15.1 Å². The number of aryl methyl sites for hydroxylation is 1. The van der Waals surface area contributed by atoms with Crippen LogP contribution in [0.1, 0.15) is 31.9 Å². The Morgan fingerprint density at radius 2 is 1.55 bits per heavy atom. The number of hydrogen-bond donors (Lipinski definition) is 1.